The molecular weight excluding hydrogens is 212 g/mol. The highest BCUT2D eigenvalue weighted by Crippen LogP contribution is 2.08. The van der Waals surface area contributed by atoms with E-state index in [9.17, 15) is 0 Å². The van der Waals surface area contributed by atoms with Crippen molar-refractivity contribution < 1.29 is 4.84 Å². The lowest BCUT2D eigenvalue weighted by molar-refractivity contribution is 0.270. The van der Waals surface area contributed by atoms with Gasteiger partial charge in [0.25, 0.3) is 0 Å². The number of pyridine rings is 1. The molecule has 2 rings (SSSR count). The van der Waals surface area contributed by atoms with Crippen molar-refractivity contribution in [2.24, 2.45) is 5.16 Å². The Kier molecular flexibility index (Phi) is 3.65. The van der Waals surface area contributed by atoms with Crippen LogP contribution in [0, 0.1) is 0 Å². The molecule has 0 spiro atoms. The van der Waals surface area contributed by atoms with Crippen LogP contribution >= 0.6 is 0 Å². The van der Waals surface area contributed by atoms with Gasteiger partial charge in [-0.3, -0.25) is 4.98 Å². The molecule has 0 N–H and O–H groups in total. The van der Waals surface area contributed by atoms with Crippen LogP contribution in [0.1, 0.15) is 11.3 Å². The van der Waals surface area contributed by atoms with E-state index in [0.717, 1.165) is 11.3 Å². The van der Waals surface area contributed by atoms with E-state index in [0.29, 0.717) is 5.71 Å². The fourth-order valence-electron chi connectivity index (χ4n) is 1.44. The zero-order valence-electron chi connectivity index (χ0n) is 9.28. The Labute approximate surface area is 100 Å². The van der Waals surface area contributed by atoms with Crippen molar-refractivity contribution in [1.82, 2.24) is 4.98 Å². The lowest BCUT2D eigenvalue weighted by Crippen LogP contribution is -2.05. The Morgan fingerprint density at radius 3 is 2.53 bits per heavy atom. The standard InChI is InChI=1S/C14H12N2O/c1-2-17-16-14(12-8-4-3-5-9-12)13-10-6-7-11-15-13/h2-11H,1H2/b16-14-. The first-order valence-corrected chi connectivity index (χ1v) is 5.23. The third kappa shape index (κ3) is 2.78. The van der Waals surface area contributed by atoms with Gasteiger partial charge in [-0.25, -0.2) is 0 Å². The van der Waals surface area contributed by atoms with E-state index in [4.69, 9.17) is 4.84 Å². The summed E-state index contributed by atoms with van der Waals surface area (Å²) in [6, 6.07) is 15.4. The average Bonchev–Trinajstić information content (AvgIpc) is 2.42. The van der Waals surface area contributed by atoms with E-state index >= 15 is 0 Å². The Morgan fingerprint density at radius 1 is 1.12 bits per heavy atom. The van der Waals surface area contributed by atoms with E-state index < -0.39 is 0 Å². The maximum atomic E-state index is 4.92. The van der Waals surface area contributed by atoms with Crippen molar-refractivity contribution in [2.45, 2.75) is 0 Å². The first-order chi connectivity index (χ1) is 8.42. The van der Waals surface area contributed by atoms with Crippen LogP contribution in [-0.2, 0) is 4.84 Å². The lowest BCUT2D eigenvalue weighted by Gasteiger charge is -2.04. The van der Waals surface area contributed by atoms with E-state index in [1.165, 1.54) is 6.26 Å². The van der Waals surface area contributed by atoms with E-state index in [-0.39, 0.29) is 0 Å². The molecule has 0 aliphatic carbocycles. The second-order valence-corrected chi connectivity index (χ2v) is 3.29. The Bertz CT molecular complexity index is 465. The zero-order valence-corrected chi connectivity index (χ0v) is 9.28. The molecule has 84 valence electrons. The van der Waals surface area contributed by atoms with Gasteiger partial charge < -0.3 is 4.84 Å². The van der Waals surface area contributed by atoms with Gasteiger partial charge in [-0.1, -0.05) is 48.1 Å². The minimum Gasteiger partial charge on any atom is -0.365 e. The summed E-state index contributed by atoms with van der Waals surface area (Å²) in [6.45, 7) is 3.47. The van der Waals surface area contributed by atoms with Crippen LogP contribution in [0.2, 0.25) is 0 Å². The van der Waals surface area contributed by atoms with Crippen LogP contribution in [0.3, 0.4) is 0 Å². The molecule has 0 unspecified atom stereocenters. The van der Waals surface area contributed by atoms with Crippen molar-refractivity contribution in [3.8, 4) is 0 Å². The Balaban J connectivity index is 2.43. The highest BCUT2D eigenvalue weighted by molar-refractivity contribution is 6.11. The predicted octanol–water partition coefficient (Wildman–Crippen LogP) is 2.99. The summed E-state index contributed by atoms with van der Waals surface area (Å²) in [6.07, 6.45) is 3.01. The molecule has 0 bridgehead atoms. The quantitative estimate of drug-likeness (QED) is 0.454. The summed E-state index contributed by atoms with van der Waals surface area (Å²) >= 11 is 0. The molecule has 0 saturated carbocycles. The fraction of sp³-hybridized carbons (Fsp3) is 0. The molecule has 3 heteroatoms. The van der Waals surface area contributed by atoms with Crippen LogP contribution in [0.4, 0.5) is 0 Å². The normalized spacial score (nSPS) is 10.9. The molecule has 0 atom stereocenters. The number of nitrogens with zero attached hydrogens (tertiary/aromatic N) is 2. The number of hydrogen-bond acceptors (Lipinski definition) is 3. The average molecular weight is 224 g/mol. The maximum absolute atomic E-state index is 4.92. The molecule has 0 amide bonds. The number of benzene rings is 1. The van der Waals surface area contributed by atoms with Crippen LogP contribution in [0.15, 0.2) is 72.7 Å². The van der Waals surface area contributed by atoms with E-state index in [1.807, 2.05) is 48.5 Å². The summed E-state index contributed by atoms with van der Waals surface area (Å²) in [5.74, 6) is 0. The first-order valence-electron chi connectivity index (χ1n) is 5.23. The second-order valence-electron chi connectivity index (χ2n) is 3.29. The van der Waals surface area contributed by atoms with Crippen LogP contribution in [0.25, 0.3) is 0 Å². The molecule has 1 aromatic carbocycles. The second kappa shape index (κ2) is 5.61. The van der Waals surface area contributed by atoms with Gasteiger partial charge in [0.1, 0.15) is 12.0 Å². The van der Waals surface area contributed by atoms with Gasteiger partial charge in [0.05, 0.1) is 5.69 Å². The molecule has 0 saturated heterocycles. The largest absolute Gasteiger partial charge is 0.365 e. The fourth-order valence-corrected chi connectivity index (χ4v) is 1.44. The zero-order chi connectivity index (χ0) is 11.9. The molecule has 0 radical (unpaired) electrons. The minimum atomic E-state index is 0.686. The van der Waals surface area contributed by atoms with Crippen molar-refractivity contribution in [2.75, 3.05) is 0 Å². The van der Waals surface area contributed by atoms with Crippen LogP contribution in [-0.4, -0.2) is 10.7 Å². The van der Waals surface area contributed by atoms with Gasteiger partial charge in [0, 0.05) is 11.8 Å². The molecule has 3 nitrogen and oxygen atoms in total. The van der Waals surface area contributed by atoms with Crippen molar-refractivity contribution >= 4 is 5.71 Å². The maximum Gasteiger partial charge on any atom is 0.136 e. The molecule has 2 aromatic rings. The molecule has 0 aliphatic heterocycles. The smallest absolute Gasteiger partial charge is 0.136 e. The number of rotatable bonds is 4. The van der Waals surface area contributed by atoms with Crippen molar-refractivity contribution in [1.29, 1.82) is 0 Å². The molecule has 1 heterocycles. The predicted molar refractivity (Wildman–Crippen MR) is 67.6 cm³/mol. The van der Waals surface area contributed by atoms with Crippen LogP contribution in [0.5, 0.6) is 0 Å². The highest BCUT2D eigenvalue weighted by atomic mass is 16.6. The summed E-state index contributed by atoms with van der Waals surface area (Å²) < 4.78 is 0. The van der Waals surface area contributed by atoms with Gasteiger partial charge >= 0.3 is 0 Å². The molecule has 0 fully saturated rings. The van der Waals surface area contributed by atoms with E-state index in [1.54, 1.807) is 6.20 Å². The van der Waals surface area contributed by atoms with Gasteiger partial charge in [0.15, 0.2) is 0 Å². The van der Waals surface area contributed by atoms with Crippen molar-refractivity contribution in [3.63, 3.8) is 0 Å². The molecule has 0 aliphatic rings. The third-order valence-corrected chi connectivity index (χ3v) is 2.17. The highest BCUT2D eigenvalue weighted by Gasteiger charge is 2.07. The van der Waals surface area contributed by atoms with Gasteiger partial charge in [0.2, 0.25) is 0 Å². The molecular formula is C14H12N2O. The monoisotopic (exact) mass is 224 g/mol. The van der Waals surface area contributed by atoms with E-state index in [2.05, 4.69) is 16.7 Å². The van der Waals surface area contributed by atoms with Crippen LogP contribution < -0.4 is 0 Å². The van der Waals surface area contributed by atoms with Gasteiger partial charge in [-0.2, -0.15) is 0 Å². The Hall–Kier alpha value is -2.42. The summed E-state index contributed by atoms with van der Waals surface area (Å²) in [5.41, 5.74) is 2.40. The number of aromatic nitrogens is 1. The molecule has 17 heavy (non-hydrogen) atoms. The summed E-state index contributed by atoms with van der Waals surface area (Å²) in [7, 11) is 0. The third-order valence-electron chi connectivity index (χ3n) is 2.17. The number of oxime groups is 1. The SMILES string of the molecule is C=CO/N=C(/c1ccccc1)c1ccccn1. The molecule has 1 aromatic heterocycles. The van der Waals surface area contributed by atoms with Gasteiger partial charge in [-0.15, -0.1) is 0 Å². The lowest BCUT2D eigenvalue weighted by atomic mass is 10.1. The summed E-state index contributed by atoms with van der Waals surface area (Å²) in [5, 5.41) is 4.02. The van der Waals surface area contributed by atoms with Crippen molar-refractivity contribution in [3.05, 3.63) is 78.8 Å². The minimum absolute atomic E-state index is 0.686. The Morgan fingerprint density at radius 2 is 1.88 bits per heavy atom. The first kappa shape index (κ1) is 11.1. The topological polar surface area (TPSA) is 34.5 Å². The number of hydrogen-bond donors (Lipinski definition) is 0. The summed E-state index contributed by atoms with van der Waals surface area (Å²) in [4.78, 5) is 9.18. The van der Waals surface area contributed by atoms with Gasteiger partial charge in [-0.05, 0) is 12.1 Å².